The highest BCUT2D eigenvalue weighted by Crippen LogP contribution is 2.25. The summed E-state index contributed by atoms with van der Waals surface area (Å²) in [5.74, 6) is -0.00165. The molecule has 0 radical (unpaired) electrons. The first-order valence-corrected chi connectivity index (χ1v) is 10.1. The van der Waals surface area contributed by atoms with Crippen LogP contribution in [0.4, 0.5) is 0 Å². The third-order valence-electron chi connectivity index (χ3n) is 4.84. The van der Waals surface area contributed by atoms with Crippen LogP contribution in [0.2, 0.25) is 0 Å². The second-order valence-corrected chi connectivity index (χ2v) is 7.85. The minimum Gasteiger partial charge on any atom is -0.348 e. The van der Waals surface area contributed by atoms with Gasteiger partial charge in [-0.3, -0.25) is 10.1 Å². The number of aryl methyl sites for hydroxylation is 2. The van der Waals surface area contributed by atoms with E-state index in [1.807, 2.05) is 31.2 Å². The maximum absolute atomic E-state index is 12.5. The number of rotatable bonds is 7. The lowest BCUT2D eigenvalue weighted by Crippen LogP contribution is -2.37. The van der Waals surface area contributed by atoms with Crippen LogP contribution in [-0.4, -0.2) is 12.5 Å². The smallest absolute Gasteiger partial charge is 0.234 e. The molecule has 0 aliphatic rings. The van der Waals surface area contributed by atoms with Crippen molar-refractivity contribution in [1.29, 1.82) is 0 Å². The Balaban J connectivity index is 1.63. The molecule has 0 aliphatic carbocycles. The van der Waals surface area contributed by atoms with Gasteiger partial charge in [-0.2, -0.15) is 0 Å². The molecule has 3 nitrogen and oxygen atoms in total. The van der Waals surface area contributed by atoms with E-state index in [4.69, 9.17) is 0 Å². The molecule has 3 aromatic rings. The molecule has 1 amide bonds. The molecule has 1 heterocycles. The van der Waals surface area contributed by atoms with Crippen molar-refractivity contribution in [2.75, 3.05) is 6.54 Å². The first kappa shape index (κ1) is 19.3. The van der Waals surface area contributed by atoms with Crippen LogP contribution in [-0.2, 0) is 4.79 Å². The Morgan fingerprint density at radius 2 is 1.74 bits per heavy atom. The number of carbonyl (C=O) groups excluding carboxylic acids is 1. The molecule has 0 saturated heterocycles. The van der Waals surface area contributed by atoms with Gasteiger partial charge in [-0.15, -0.1) is 11.3 Å². The molecule has 3 rings (SSSR count). The van der Waals surface area contributed by atoms with Gasteiger partial charge in [0.2, 0.25) is 5.91 Å². The Kier molecular flexibility index (Phi) is 6.43. The number of amides is 1. The molecule has 0 bridgehead atoms. The molecule has 2 N–H and O–H groups in total. The van der Waals surface area contributed by atoms with Crippen LogP contribution >= 0.6 is 11.3 Å². The van der Waals surface area contributed by atoms with E-state index in [0.717, 1.165) is 11.1 Å². The number of thiophene rings is 1. The Hall–Kier alpha value is -2.43. The molecule has 1 aromatic heterocycles. The van der Waals surface area contributed by atoms with E-state index in [1.54, 1.807) is 11.3 Å². The minimum atomic E-state index is -0.0180. The van der Waals surface area contributed by atoms with E-state index in [2.05, 4.69) is 66.3 Å². The van der Waals surface area contributed by atoms with Gasteiger partial charge in [0.1, 0.15) is 0 Å². The van der Waals surface area contributed by atoms with Crippen LogP contribution < -0.4 is 10.6 Å². The quantitative estimate of drug-likeness (QED) is 0.613. The summed E-state index contributed by atoms with van der Waals surface area (Å²) in [5.41, 5.74) is 4.80. The summed E-state index contributed by atoms with van der Waals surface area (Å²) in [5, 5.41) is 8.58. The number of benzene rings is 2. The van der Waals surface area contributed by atoms with Gasteiger partial charge in [0.05, 0.1) is 18.6 Å². The lowest BCUT2D eigenvalue weighted by Gasteiger charge is -2.20. The molecule has 4 heteroatoms. The molecule has 0 fully saturated rings. The van der Waals surface area contributed by atoms with E-state index in [1.165, 1.54) is 16.0 Å². The van der Waals surface area contributed by atoms with Crippen LogP contribution in [0.15, 0.2) is 66.0 Å². The second kappa shape index (κ2) is 8.98. The maximum Gasteiger partial charge on any atom is 0.234 e. The predicted octanol–water partition coefficient (Wildman–Crippen LogP) is 4.92. The van der Waals surface area contributed by atoms with Crippen molar-refractivity contribution in [3.63, 3.8) is 0 Å². The van der Waals surface area contributed by atoms with Crippen LogP contribution in [0.3, 0.4) is 0 Å². The van der Waals surface area contributed by atoms with E-state index < -0.39 is 0 Å². The fourth-order valence-corrected chi connectivity index (χ4v) is 3.92. The summed E-state index contributed by atoms with van der Waals surface area (Å²) in [4.78, 5) is 13.7. The van der Waals surface area contributed by atoms with Crippen molar-refractivity contribution in [2.24, 2.45) is 0 Å². The van der Waals surface area contributed by atoms with Crippen molar-refractivity contribution in [1.82, 2.24) is 10.6 Å². The van der Waals surface area contributed by atoms with Crippen molar-refractivity contribution in [3.05, 3.63) is 93.2 Å². The Morgan fingerprint density at radius 1 is 0.963 bits per heavy atom. The number of nitrogens with one attached hydrogen (secondary N) is 2. The zero-order valence-corrected chi connectivity index (χ0v) is 16.8. The fourth-order valence-electron chi connectivity index (χ4n) is 3.09. The average Bonchev–Trinajstić information content (AvgIpc) is 3.19. The maximum atomic E-state index is 12.5. The Labute approximate surface area is 165 Å². The second-order valence-electron chi connectivity index (χ2n) is 6.87. The lowest BCUT2D eigenvalue weighted by atomic mass is 10.0. The highest BCUT2D eigenvalue weighted by Gasteiger charge is 2.17. The van der Waals surface area contributed by atoms with Gasteiger partial charge < -0.3 is 5.32 Å². The van der Waals surface area contributed by atoms with Gasteiger partial charge in [-0.1, -0.05) is 54.6 Å². The van der Waals surface area contributed by atoms with E-state index in [-0.39, 0.29) is 24.5 Å². The Morgan fingerprint density at radius 3 is 2.41 bits per heavy atom. The van der Waals surface area contributed by atoms with Crippen molar-refractivity contribution in [3.8, 4) is 0 Å². The molecule has 2 atom stereocenters. The van der Waals surface area contributed by atoms with Crippen LogP contribution in [0.1, 0.15) is 46.1 Å². The number of hydrogen-bond donors (Lipinski definition) is 2. The zero-order chi connectivity index (χ0) is 19.2. The summed E-state index contributed by atoms with van der Waals surface area (Å²) < 4.78 is 0. The molecular weight excluding hydrogens is 352 g/mol. The van der Waals surface area contributed by atoms with Gasteiger partial charge in [0.15, 0.2) is 0 Å². The third-order valence-corrected chi connectivity index (χ3v) is 5.77. The molecule has 27 heavy (non-hydrogen) atoms. The SMILES string of the molecule is Cc1ccc([C@@H](C)NC(=O)CN[C@@H](c2ccccc2)c2cccs2)cc1C. The van der Waals surface area contributed by atoms with Crippen LogP contribution in [0.25, 0.3) is 0 Å². The fraction of sp³-hybridized carbons (Fsp3) is 0.261. The van der Waals surface area contributed by atoms with Crippen LogP contribution in [0.5, 0.6) is 0 Å². The first-order valence-electron chi connectivity index (χ1n) is 9.23. The first-order chi connectivity index (χ1) is 13.0. The normalized spacial score (nSPS) is 13.1. The predicted molar refractivity (Wildman–Crippen MR) is 113 cm³/mol. The van der Waals surface area contributed by atoms with Crippen molar-refractivity contribution < 1.29 is 4.79 Å². The topological polar surface area (TPSA) is 41.1 Å². The summed E-state index contributed by atoms with van der Waals surface area (Å²) in [6, 6.07) is 20.7. The molecule has 0 spiro atoms. The summed E-state index contributed by atoms with van der Waals surface area (Å²) in [6.07, 6.45) is 0. The molecule has 140 valence electrons. The van der Waals surface area contributed by atoms with Gasteiger partial charge >= 0.3 is 0 Å². The number of hydrogen-bond acceptors (Lipinski definition) is 3. The lowest BCUT2D eigenvalue weighted by molar-refractivity contribution is -0.121. The van der Waals surface area contributed by atoms with Crippen LogP contribution in [0, 0.1) is 13.8 Å². The monoisotopic (exact) mass is 378 g/mol. The molecule has 0 unspecified atom stereocenters. The van der Waals surface area contributed by atoms with E-state index in [0.29, 0.717) is 0 Å². The zero-order valence-electron chi connectivity index (χ0n) is 16.0. The third kappa shape index (κ3) is 5.06. The molecule has 0 aliphatic heterocycles. The van der Waals surface area contributed by atoms with Gasteiger partial charge in [0.25, 0.3) is 0 Å². The molecule has 0 saturated carbocycles. The Bertz CT molecular complexity index is 875. The van der Waals surface area contributed by atoms with Crippen molar-refractivity contribution in [2.45, 2.75) is 32.9 Å². The summed E-state index contributed by atoms with van der Waals surface area (Å²) in [7, 11) is 0. The minimum absolute atomic E-state index is 0.00165. The van der Waals surface area contributed by atoms with E-state index >= 15 is 0 Å². The number of carbonyl (C=O) groups is 1. The highest BCUT2D eigenvalue weighted by molar-refractivity contribution is 7.10. The largest absolute Gasteiger partial charge is 0.348 e. The average molecular weight is 379 g/mol. The van der Waals surface area contributed by atoms with Gasteiger partial charge in [-0.05, 0) is 54.5 Å². The standard InChI is InChI=1S/C23H26N2OS/c1-16-11-12-20(14-17(16)2)18(3)25-22(26)15-24-23(21-10-7-13-27-21)19-8-5-4-6-9-19/h4-14,18,23-24H,15H2,1-3H3,(H,25,26)/t18-,23+/m1/s1. The van der Waals surface area contributed by atoms with E-state index in [9.17, 15) is 4.79 Å². The van der Waals surface area contributed by atoms with Gasteiger partial charge in [0, 0.05) is 4.88 Å². The summed E-state index contributed by atoms with van der Waals surface area (Å²) in [6.45, 7) is 6.49. The van der Waals surface area contributed by atoms with Crippen molar-refractivity contribution >= 4 is 17.2 Å². The summed E-state index contributed by atoms with van der Waals surface area (Å²) >= 11 is 1.70. The molecule has 2 aromatic carbocycles. The molecular formula is C23H26N2OS. The van der Waals surface area contributed by atoms with Gasteiger partial charge in [-0.25, -0.2) is 0 Å². The highest BCUT2D eigenvalue weighted by atomic mass is 32.1.